The second-order valence-electron chi connectivity index (χ2n) is 6.20. The van der Waals surface area contributed by atoms with E-state index in [4.69, 9.17) is 11.6 Å². The molecule has 142 valence electrons. The van der Waals surface area contributed by atoms with E-state index in [-0.39, 0.29) is 11.8 Å². The van der Waals surface area contributed by atoms with Crippen LogP contribution in [-0.2, 0) is 4.79 Å². The molecule has 0 bridgehead atoms. The van der Waals surface area contributed by atoms with Gasteiger partial charge in [-0.1, -0.05) is 48.1 Å². The zero-order valence-corrected chi connectivity index (χ0v) is 17.3. The Hall–Kier alpha value is -2.48. The lowest BCUT2D eigenvalue weighted by Gasteiger charge is -2.03. The maximum Gasteiger partial charge on any atom is 0.267 e. The van der Waals surface area contributed by atoms with Crippen LogP contribution in [0, 0.1) is 0 Å². The Morgan fingerprint density at radius 2 is 1.89 bits per heavy atom. The number of anilines is 2. The normalized spacial score (nSPS) is 11.1. The minimum atomic E-state index is -0.244. The lowest BCUT2D eigenvalue weighted by Crippen LogP contribution is -2.10. The summed E-state index contributed by atoms with van der Waals surface area (Å²) in [5.41, 5.74) is 1.43. The summed E-state index contributed by atoms with van der Waals surface area (Å²) in [6, 6.07) is 13.1. The summed E-state index contributed by atoms with van der Waals surface area (Å²) in [6.45, 7) is 1.95. The monoisotopic (exact) mass is 429 g/mol. The summed E-state index contributed by atoms with van der Waals surface area (Å²) in [7, 11) is 0. The number of hydrogen-bond acceptors (Lipinski definition) is 5. The fraction of sp³-hybridized carbons (Fsp3) is 0.150. The maximum atomic E-state index is 12.7. The van der Waals surface area contributed by atoms with Crippen LogP contribution >= 0.6 is 34.3 Å². The van der Waals surface area contributed by atoms with E-state index in [1.165, 1.54) is 22.7 Å². The average Bonchev–Trinajstić information content (AvgIpc) is 3.22. The number of nitrogens with one attached hydrogen (secondary N) is 2. The van der Waals surface area contributed by atoms with Crippen LogP contribution in [0.1, 0.15) is 29.4 Å². The van der Waals surface area contributed by atoms with Crippen molar-refractivity contribution < 1.29 is 9.59 Å². The number of hydrogen-bond donors (Lipinski definition) is 2. The Morgan fingerprint density at radius 3 is 2.68 bits per heavy atom. The number of thiazole rings is 1. The number of fused-ring (bicyclic) bond motifs is 2. The zero-order chi connectivity index (χ0) is 19.7. The second-order valence-corrected chi connectivity index (χ2v) is 8.66. The van der Waals surface area contributed by atoms with E-state index in [0.717, 1.165) is 26.7 Å². The number of carbonyl (C=O) groups is 2. The van der Waals surface area contributed by atoms with E-state index in [9.17, 15) is 9.59 Å². The molecule has 0 aliphatic carbocycles. The number of halogens is 1. The third kappa shape index (κ3) is 3.73. The molecule has 0 saturated heterocycles. The SMILES string of the molecule is CCCC(=O)Nc1nc2ccc(NC(=O)c3sc4ccccc4c3Cl)cc2s1. The van der Waals surface area contributed by atoms with Crippen molar-refractivity contribution in [1.82, 2.24) is 4.98 Å². The lowest BCUT2D eigenvalue weighted by atomic mass is 10.2. The van der Waals surface area contributed by atoms with Crippen LogP contribution in [0.15, 0.2) is 42.5 Å². The number of nitrogens with zero attached hydrogens (tertiary/aromatic N) is 1. The quantitative estimate of drug-likeness (QED) is 0.399. The number of amides is 2. The van der Waals surface area contributed by atoms with E-state index >= 15 is 0 Å². The van der Waals surface area contributed by atoms with E-state index in [0.29, 0.717) is 27.1 Å². The first-order chi connectivity index (χ1) is 13.5. The Morgan fingerprint density at radius 1 is 1.07 bits per heavy atom. The summed E-state index contributed by atoms with van der Waals surface area (Å²) >= 11 is 9.14. The minimum absolute atomic E-state index is 0.0468. The van der Waals surface area contributed by atoms with Crippen LogP contribution in [0.3, 0.4) is 0 Å². The van der Waals surface area contributed by atoms with E-state index in [2.05, 4.69) is 15.6 Å². The van der Waals surface area contributed by atoms with Crippen molar-refractivity contribution in [2.45, 2.75) is 19.8 Å². The number of thiophene rings is 1. The van der Waals surface area contributed by atoms with Gasteiger partial charge in [-0.15, -0.1) is 11.3 Å². The van der Waals surface area contributed by atoms with Crippen molar-refractivity contribution in [3.63, 3.8) is 0 Å². The average molecular weight is 430 g/mol. The highest BCUT2D eigenvalue weighted by molar-refractivity contribution is 7.22. The largest absolute Gasteiger partial charge is 0.321 e. The Kier molecular flexibility index (Phi) is 5.30. The van der Waals surface area contributed by atoms with Crippen molar-refractivity contribution in [3.8, 4) is 0 Å². The molecule has 5 nitrogen and oxygen atoms in total. The summed E-state index contributed by atoms with van der Waals surface area (Å²) in [6.07, 6.45) is 1.25. The van der Waals surface area contributed by atoms with Gasteiger partial charge in [0.05, 0.1) is 15.2 Å². The summed E-state index contributed by atoms with van der Waals surface area (Å²) in [5, 5.41) is 7.62. The van der Waals surface area contributed by atoms with Crippen molar-refractivity contribution >= 4 is 77.2 Å². The third-order valence-electron chi connectivity index (χ3n) is 4.11. The van der Waals surface area contributed by atoms with Crippen molar-refractivity contribution in [3.05, 3.63) is 52.4 Å². The standard InChI is InChI=1S/C20H16ClN3O2S2/c1-2-5-16(25)24-20-23-13-9-8-11(10-15(13)28-20)22-19(26)18-17(21)12-6-3-4-7-14(12)27-18/h3-4,6-10H,2,5H2,1H3,(H,22,26)(H,23,24,25). The van der Waals surface area contributed by atoms with Gasteiger partial charge in [0.2, 0.25) is 5.91 Å². The van der Waals surface area contributed by atoms with Gasteiger partial charge in [0, 0.05) is 22.2 Å². The van der Waals surface area contributed by atoms with Crippen LogP contribution in [0.25, 0.3) is 20.3 Å². The maximum absolute atomic E-state index is 12.7. The Bertz CT molecular complexity index is 1200. The molecule has 8 heteroatoms. The fourth-order valence-corrected chi connectivity index (χ4v) is 5.15. The smallest absolute Gasteiger partial charge is 0.267 e. The summed E-state index contributed by atoms with van der Waals surface area (Å²) in [4.78, 5) is 29.4. The first-order valence-corrected chi connectivity index (χ1v) is 10.7. The molecule has 0 saturated carbocycles. The van der Waals surface area contributed by atoms with Gasteiger partial charge in [-0.2, -0.15) is 0 Å². The van der Waals surface area contributed by atoms with Crippen molar-refractivity contribution in [2.24, 2.45) is 0 Å². The van der Waals surface area contributed by atoms with Gasteiger partial charge in [-0.05, 0) is 30.7 Å². The van der Waals surface area contributed by atoms with Crippen LogP contribution in [0.2, 0.25) is 5.02 Å². The number of rotatable bonds is 5. The molecule has 0 unspecified atom stereocenters. The highest BCUT2D eigenvalue weighted by Gasteiger charge is 2.17. The minimum Gasteiger partial charge on any atom is -0.321 e. The van der Waals surface area contributed by atoms with Gasteiger partial charge in [0.1, 0.15) is 4.88 Å². The highest BCUT2D eigenvalue weighted by Crippen LogP contribution is 2.36. The van der Waals surface area contributed by atoms with Crippen molar-refractivity contribution in [2.75, 3.05) is 10.6 Å². The number of benzene rings is 2. The molecule has 2 N–H and O–H groups in total. The Balaban J connectivity index is 1.56. The molecule has 2 heterocycles. The molecule has 2 aromatic heterocycles. The highest BCUT2D eigenvalue weighted by atomic mass is 35.5. The molecule has 0 radical (unpaired) electrons. The molecule has 0 aliphatic heterocycles. The lowest BCUT2D eigenvalue weighted by molar-refractivity contribution is -0.116. The van der Waals surface area contributed by atoms with Gasteiger partial charge in [0.25, 0.3) is 5.91 Å². The molecular formula is C20H16ClN3O2S2. The molecular weight excluding hydrogens is 414 g/mol. The van der Waals surface area contributed by atoms with E-state index in [1.807, 2.05) is 43.3 Å². The molecule has 28 heavy (non-hydrogen) atoms. The van der Waals surface area contributed by atoms with Gasteiger partial charge in [0.15, 0.2) is 5.13 Å². The van der Waals surface area contributed by atoms with E-state index < -0.39 is 0 Å². The van der Waals surface area contributed by atoms with Gasteiger partial charge in [-0.3, -0.25) is 9.59 Å². The molecule has 4 aromatic rings. The second kappa shape index (κ2) is 7.87. The molecule has 0 fully saturated rings. The van der Waals surface area contributed by atoms with Gasteiger partial charge < -0.3 is 10.6 Å². The van der Waals surface area contributed by atoms with Crippen LogP contribution in [0.4, 0.5) is 10.8 Å². The van der Waals surface area contributed by atoms with Crippen molar-refractivity contribution in [1.29, 1.82) is 0 Å². The first kappa shape index (κ1) is 18.9. The zero-order valence-electron chi connectivity index (χ0n) is 14.9. The molecule has 2 aromatic carbocycles. The number of aromatic nitrogens is 1. The molecule has 0 spiro atoms. The molecule has 0 atom stereocenters. The molecule has 4 rings (SSSR count). The summed E-state index contributed by atoms with van der Waals surface area (Å²) in [5.74, 6) is -0.291. The summed E-state index contributed by atoms with van der Waals surface area (Å²) < 4.78 is 1.86. The third-order valence-corrected chi connectivity index (χ3v) is 6.72. The fourth-order valence-electron chi connectivity index (χ4n) is 2.81. The molecule has 2 amide bonds. The van der Waals surface area contributed by atoms with Crippen LogP contribution in [-0.4, -0.2) is 16.8 Å². The van der Waals surface area contributed by atoms with Crippen LogP contribution < -0.4 is 10.6 Å². The predicted octanol–water partition coefficient (Wildman–Crippen LogP) is 6.16. The van der Waals surface area contributed by atoms with Gasteiger partial charge in [-0.25, -0.2) is 4.98 Å². The topological polar surface area (TPSA) is 71.1 Å². The first-order valence-electron chi connectivity index (χ1n) is 8.74. The van der Waals surface area contributed by atoms with Gasteiger partial charge >= 0.3 is 0 Å². The Labute approximate surface area is 174 Å². The predicted molar refractivity (Wildman–Crippen MR) is 118 cm³/mol. The van der Waals surface area contributed by atoms with Crippen LogP contribution in [0.5, 0.6) is 0 Å². The van der Waals surface area contributed by atoms with E-state index in [1.54, 1.807) is 6.07 Å². The number of carbonyl (C=O) groups excluding carboxylic acids is 2. The molecule has 0 aliphatic rings.